The summed E-state index contributed by atoms with van der Waals surface area (Å²) in [6, 6.07) is 0.483. The lowest BCUT2D eigenvalue weighted by atomic mass is 9.96. The number of hydrogen-bond donors (Lipinski definition) is 2. The number of hydrogen-bond acceptors (Lipinski definition) is 4. The molecule has 5 nitrogen and oxygen atoms in total. The van der Waals surface area contributed by atoms with Crippen LogP contribution in [0.15, 0.2) is 0 Å². The third-order valence-corrected chi connectivity index (χ3v) is 3.31. The second kappa shape index (κ2) is 6.33. The molecule has 0 bridgehead atoms. The molecule has 3 N–H and O–H groups in total. The molecule has 1 fully saturated rings. The molecule has 17 heavy (non-hydrogen) atoms. The smallest absolute Gasteiger partial charge is 0.237 e. The lowest BCUT2D eigenvalue weighted by molar-refractivity contribution is -0.124. The van der Waals surface area contributed by atoms with Crippen molar-refractivity contribution in [3.63, 3.8) is 0 Å². The molecule has 1 aliphatic carbocycles. The first-order chi connectivity index (χ1) is 7.98. The first-order valence-corrected chi connectivity index (χ1v) is 6.23. The number of likely N-dealkylation sites (N-methyl/N-ethyl adjacent to an activating group) is 1. The van der Waals surface area contributed by atoms with Crippen molar-refractivity contribution in [3.8, 4) is 0 Å². The number of nitrogens with one attached hydrogen (secondary N) is 1. The Labute approximate surface area is 104 Å². The van der Waals surface area contributed by atoms with Gasteiger partial charge in [-0.15, -0.1) is 0 Å². The number of carbonyl (C=O) groups excluding carboxylic acids is 1. The molecule has 5 heteroatoms. The van der Waals surface area contributed by atoms with Gasteiger partial charge >= 0.3 is 0 Å². The van der Waals surface area contributed by atoms with Gasteiger partial charge in [-0.25, -0.2) is 0 Å². The van der Waals surface area contributed by atoms with E-state index in [2.05, 4.69) is 10.2 Å². The van der Waals surface area contributed by atoms with E-state index in [1.165, 1.54) is 0 Å². The highest BCUT2D eigenvalue weighted by Crippen LogP contribution is 2.24. The van der Waals surface area contributed by atoms with Crippen LogP contribution < -0.4 is 11.1 Å². The van der Waals surface area contributed by atoms with Gasteiger partial charge in [-0.2, -0.15) is 0 Å². The van der Waals surface area contributed by atoms with E-state index in [4.69, 9.17) is 10.5 Å². The lowest BCUT2D eigenvalue weighted by Crippen LogP contribution is -2.55. The zero-order valence-corrected chi connectivity index (χ0v) is 11.2. The Hall–Kier alpha value is -0.650. The molecule has 1 aliphatic rings. The number of nitrogens with two attached hydrogens (primary N) is 1. The predicted molar refractivity (Wildman–Crippen MR) is 67.7 cm³/mol. The van der Waals surface area contributed by atoms with Crippen molar-refractivity contribution in [3.05, 3.63) is 0 Å². The van der Waals surface area contributed by atoms with Crippen molar-refractivity contribution in [2.75, 3.05) is 33.9 Å². The van der Waals surface area contributed by atoms with Crippen LogP contribution in [0.1, 0.15) is 26.2 Å². The monoisotopic (exact) mass is 243 g/mol. The molecule has 0 radical (unpaired) electrons. The van der Waals surface area contributed by atoms with Gasteiger partial charge in [0, 0.05) is 26.2 Å². The third kappa shape index (κ3) is 5.02. The fraction of sp³-hybridized carbons (Fsp3) is 0.917. The molecule has 0 aromatic carbocycles. The number of amides is 1. The fourth-order valence-electron chi connectivity index (χ4n) is 1.72. The predicted octanol–water partition coefficient (Wildman–Crippen LogP) is -0.0493. The van der Waals surface area contributed by atoms with Crippen molar-refractivity contribution in [2.45, 2.75) is 37.8 Å². The number of rotatable bonds is 9. The van der Waals surface area contributed by atoms with Crippen molar-refractivity contribution in [1.82, 2.24) is 10.2 Å². The van der Waals surface area contributed by atoms with Gasteiger partial charge in [0.05, 0.1) is 12.1 Å². The number of carbonyl (C=O) groups is 1. The zero-order chi connectivity index (χ0) is 12.9. The average molecular weight is 243 g/mol. The van der Waals surface area contributed by atoms with Crippen molar-refractivity contribution < 1.29 is 9.53 Å². The quantitative estimate of drug-likeness (QED) is 0.596. The summed E-state index contributed by atoms with van der Waals surface area (Å²) in [6.07, 6.45) is 3.05. The molecule has 0 saturated heterocycles. The van der Waals surface area contributed by atoms with Crippen LogP contribution in [0.2, 0.25) is 0 Å². The Morgan fingerprint density at radius 2 is 2.18 bits per heavy atom. The maximum absolute atomic E-state index is 11.5. The van der Waals surface area contributed by atoms with Crippen molar-refractivity contribution in [1.29, 1.82) is 0 Å². The summed E-state index contributed by atoms with van der Waals surface area (Å²) < 4.78 is 5.02. The molecule has 0 spiro atoms. The van der Waals surface area contributed by atoms with Crippen LogP contribution in [-0.2, 0) is 9.53 Å². The van der Waals surface area contributed by atoms with Crippen LogP contribution in [0.4, 0.5) is 0 Å². The van der Waals surface area contributed by atoms with E-state index in [9.17, 15) is 4.79 Å². The van der Waals surface area contributed by atoms with Crippen LogP contribution in [0.5, 0.6) is 0 Å². The second-order valence-corrected chi connectivity index (χ2v) is 5.16. The van der Waals surface area contributed by atoms with E-state index < -0.39 is 5.54 Å². The molecule has 100 valence electrons. The normalized spacial score (nSPS) is 19.3. The van der Waals surface area contributed by atoms with Crippen LogP contribution in [0, 0.1) is 0 Å². The third-order valence-electron chi connectivity index (χ3n) is 3.31. The van der Waals surface area contributed by atoms with Gasteiger partial charge in [-0.3, -0.25) is 4.79 Å². The maximum atomic E-state index is 11.5. The van der Waals surface area contributed by atoms with Gasteiger partial charge < -0.3 is 20.7 Å². The summed E-state index contributed by atoms with van der Waals surface area (Å²) in [5, 5.41) is 3.35. The van der Waals surface area contributed by atoms with Crippen LogP contribution >= 0.6 is 0 Å². The summed E-state index contributed by atoms with van der Waals surface area (Å²) in [5.74, 6) is -0.260. The lowest BCUT2D eigenvalue weighted by Gasteiger charge is -2.29. The molecule has 0 aromatic rings. The van der Waals surface area contributed by atoms with E-state index in [0.717, 1.165) is 32.4 Å². The number of nitrogens with zero attached hydrogens (tertiary/aromatic N) is 1. The molecule has 0 aliphatic heterocycles. The van der Waals surface area contributed by atoms with E-state index >= 15 is 0 Å². The highest BCUT2D eigenvalue weighted by Gasteiger charge is 2.36. The molecule has 0 heterocycles. The van der Waals surface area contributed by atoms with Crippen molar-refractivity contribution >= 4 is 5.91 Å². The Morgan fingerprint density at radius 1 is 1.53 bits per heavy atom. The Balaban J connectivity index is 2.35. The fourth-order valence-corrected chi connectivity index (χ4v) is 1.72. The summed E-state index contributed by atoms with van der Waals surface area (Å²) in [7, 11) is 3.72. The highest BCUT2D eigenvalue weighted by molar-refractivity contribution is 5.84. The van der Waals surface area contributed by atoms with E-state index in [1.54, 1.807) is 7.11 Å². The van der Waals surface area contributed by atoms with E-state index in [-0.39, 0.29) is 5.91 Å². The molecule has 1 atom stereocenters. The molecular formula is C12H25N3O2. The van der Waals surface area contributed by atoms with Crippen LogP contribution in [0.25, 0.3) is 0 Å². The molecular weight excluding hydrogens is 218 g/mol. The summed E-state index contributed by atoms with van der Waals surface area (Å²) in [5.41, 5.74) is 4.91. The Kier molecular flexibility index (Phi) is 5.36. The summed E-state index contributed by atoms with van der Waals surface area (Å²) >= 11 is 0. The van der Waals surface area contributed by atoms with Crippen LogP contribution in [0.3, 0.4) is 0 Å². The summed E-state index contributed by atoms with van der Waals surface area (Å²) in [4.78, 5) is 13.7. The average Bonchev–Trinajstić information content (AvgIpc) is 3.07. The molecule has 0 aromatic heterocycles. The van der Waals surface area contributed by atoms with Gasteiger partial charge in [0.1, 0.15) is 0 Å². The minimum atomic E-state index is -0.581. The minimum Gasteiger partial charge on any atom is -0.383 e. The van der Waals surface area contributed by atoms with E-state index in [1.807, 2.05) is 14.0 Å². The first kappa shape index (κ1) is 14.4. The minimum absolute atomic E-state index is 0.260. The van der Waals surface area contributed by atoms with Crippen LogP contribution in [-0.4, -0.2) is 56.2 Å². The van der Waals surface area contributed by atoms with Crippen molar-refractivity contribution in [2.24, 2.45) is 5.73 Å². The number of primary amides is 1. The van der Waals surface area contributed by atoms with Gasteiger partial charge in [0.2, 0.25) is 5.91 Å². The topological polar surface area (TPSA) is 67.6 Å². The number of ether oxygens (including phenoxy) is 1. The Morgan fingerprint density at radius 3 is 2.65 bits per heavy atom. The molecule has 1 amide bonds. The van der Waals surface area contributed by atoms with Gasteiger partial charge in [-0.05, 0) is 33.2 Å². The van der Waals surface area contributed by atoms with E-state index in [0.29, 0.717) is 12.6 Å². The zero-order valence-electron chi connectivity index (χ0n) is 11.2. The summed E-state index contributed by atoms with van der Waals surface area (Å²) in [6.45, 7) is 4.31. The molecule has 1 rings (SSSR count). The SMILES string of the molecule is COCCN(C)CCC(C)(NC1CC1)C(N)=O. The maximum Gasteiger partial charge on any atom is 0.237 e. The van der Waals surface area contributed by atoms with Gasteiger partial charge in [-0.1, -0.05) is 0 Å². The molecule has 1 unspecified atom stereocenters. The second-order valence-electron chi connectivity index (χ2n) is 5.16. The molecule has 1 saturated carbocycles. The first-order valence-electron chi connectivity index (χ1n) is 6.23. The van der Waals surface area contributed by atoms with Gasteiger partial charge in [0.15, 0.2) is 0 Å². The largest absolute Gasteiger partial charge is 0.383 e. The number of methoxy groups -OCH3 is 1. The highest BCUT2D eigenvalue weighted by atomic mass is 16.5. The standard InChI is InChI=1S/C12H25N3O2/c1-12(11(13)16,14-10-4-5-10)6-7-15(2)8-9-17-3/h10,14H,4-9H2,1-3H3,(H2,13,16). The van der Waals surface area contributed by atoms with Gasteiger partial charge in [0.25, 0.3) is 0 Å². The Bertz CT molecular complexity index is 256.